The number of nitrogens with zero attached hydrogens (tertiary/aromatic N) is 1. The molecule has 1 fully saturated rings. The molecule has 16 heavy (non-hydrogen) atoms. The molecule has 0 spiro atoms. The molecule has 1 N–H and O–H groups in total. The first-order chi connectivity index (χ1) is 7.38. The molecule has 0 saturated heterocycles. The number of aliphatic hydroxyl groups is 1. The third-order valence-corrected chi connectivity index (χ3v) is 4.14. The molecule has 0 aromatic carbocycles. The van der Waals surface area contributed by atoms with Crippen molar-refractivity contribution >= 4 is 0 Å². The molecule has 0 aromatic heterocycles. The predicted molar refractivity (Wildman–Crippen MR) is 69.6 cm³/mol. The topological polar surface area (TPSA) is 23.5 Å². The third kappa shape index (κ3) is 2.98. The quantitative estimate of drug-likeness (QED) is 0.797. The summed E-state index contributed by atoms with van der Waals surface area (Å²) in [4.78, 5) is 2.45. The van der Waals surface area contributed by atoms with E-state index in [0.717, 1.165) is 12.8 Å². The van der Waals surface area contributed by atoms with Gasteiger partial charge in [0.25, 0.3) is 0 Å². The highest BCUT2D eigenvalue weighted by Crippen LogP contribution is 2.34. The van der Waals surface area contributed by atoms with Gasteiger partial charge in [0.2, 0.25) is 0 Å². The predicted octanol–water partition coefficient (Wildman–Crippen LogP) is 3.19. The lowest BCUT2D eigenvalue weighted by Gasteiger charge is -2.46. The van der Waals surface area contributed by atoms with Gasteiger partial charge in [-0.15, -0.1) is 0 Å². The highest BCUT2D eigenvalue weighted by Gasteiger charge is 2.39. The van der Waals surface area contributed by atoms with Crippen molar-refractivity contribution in [3.8, 4) is 0 Å². The van der Waals surface area contributed by atoms with Crippen molar-refractivity contribution in [2.24, 2.45) is 0 Å². The van der Waals surface area contributed by atoms with E-state index >= 15 is 0 Å². The first-order valence-electron chi connectivity index (χ1n) is 6.88. The van der Waals surface area contributed by atoms with E-state index in [2.05, 4.69) is 39.5 Å². The third-order valence-electron chi connectivity index (χ3n) is 4.14. The van der Waals surface area contributed by atoms with Gasteiger partial charge in [-0.05, 0) is 47.5 Å². The van der Waals surface area contributed by atoms with Crippen LogP contribution in [-0.2, 0) is 0 Å². The molecule has 1 aliphatic rings. The summed E-state index contributed by atoms with van der Waals surface area (Å²) < 4.78 is 0. The second-order valence-corrected chi connectivity index (χ2v) is 5.97. The van der Waals surface area contributed by atoms with Gasteiger partial charge in [-0.25, -0.2) is 0 Å². The van der Waals surface area contributed by atoms with E-state index in [1.807, 2.05) is 0 Å². The Morgan fingerprint density at radius 1 is 0.875 bits per heavy atom. The molecule has 0 heterocycles. The molecule has 2 heteroatoms. The Hall–Kier alpha value is -0.0800. The number of rotatable bonds is 4. The van der Waals surface area contributed by atoms with Gasteiger partial charge >= 0.3 is 0 Å². The minimum atomic E-state index is -0.452. The molecule has 1 atom stereocenters. The van der Waals surface area contributed by atoms with Gasteiger partial charge in [0.15, 0.2) is 0 Å². The maximum atomic E-state index is 10.8. The summed E-state index contributed by atoms with van der Waals surface area (Å²) in [6, 6.07) is 1.27. The Bertz CT molecular complexity index is 199. The SMILES string of the molecule is CC(C)N(C(C)C)C(C)C1(O)CCCCC1. The molecule has 0 radical (unpaired) electrons. The molecule has 96 valence electrons. The van der Waals surface area contributed by atoms with Gasteiger partial charge < -0.3 is 5.11 Å². The summed E-state index contributed by atoms with van der Waals surface area (Å²) >= 11 is 0. The molecule has 1 saturated carbocycles. The second kappa shape index (κ2) is 5.50. The van der Waals surface area contributed by atoms with Crippen LogP contribution in [-0.4, -0.2) is 33.7 Å². The maximum absolute atomic E-state index is 10.8. The summed E-state index contributed by atoms with van der Waals surface area (Å²) in [6.45, 7) is 11.1. The van der Waals surface area contributed by atoms with Gasteiger partial charge in [-0.3, -0.25) is 4.90 Å². The molecule has 0 bridgehead atoms. The Kier molecular flexibility index (Phi) is 4.81. The zero-order valence-electron chi connectivity index (χ0n) is 11.7. The fourth-order valence-corrected chi connectivity index (χ4v) is 3.35. The van der Waals surface area contributed by atoms with Crippen molar-refractivity contribution in [1.29, 1.82) is 0 Å². The van der Waals surface area contributed by atoms with Crippen LogP contribution in [0.15, 0.2) is 0 Å². The lowest BCUT2D eigenvalue weighted by Crippen LogP contribution is -2.56. The first-order valence-corrected chi connectivity index (χ1v) is 6.88. The summed E-state index contributed by atoms with van der Waals surface area (Å²) in [7, 11) is 0. The molecule has 0 aromatic rings. The van der Waals surface area contributed by atoms with Crippen LogP contribution in [0, 0.1) is 0 Å². The van der Waals surface area contributed by atoms with E-state index in [1.165, 1.54) is 19.3 Å². The van der Waals surface area contributed by atoms with E-state index in [0.29, 0.717) is 12.1 Å². The number of hydrogen-bond donors (Lipinski definition) is 1. The zero-order chi connectivity index (χ0) is 12.3. The maximum Gasteiger partial charge on any atom is 0.0799 e. The van der Waals surface area contributed by atoms with Crippen LogP contribution >= 0.6 is 0 Å². The van der Waals surface area contributed by atoms with E-state index < -0.39 is 5.60 Å². The van der Waals surface area contributed by atoms with Crippen LogP contribution in [0.1, 0.15) is 66.7 Å². The molecule has 1 aliphatic carbocycles. The summed E-state index contributed by atoms with van der Waals surface area (Å²) in [5.74, 6) is 0. The van der Waals surface area contributed by atoms with Crippen molar-refractivity contribution in [3.63, 3.8) is 0 Å². The molecule has 0 aliphatic heterocycles. The van der Waals surface area contributed by atoms with Crippen LogP contribution in [0.3, 0.4) is 0 Å². The van der Waals surface area contributed by atoms with Gasteiger partial charge in [0.1, 0.15) is 0 Å². The number of hydrogen-bond acceptors (Lipinski definition) is 2. The van der Waals surface area contributed by atoms with Crippen molar-refractivity contribution in [1.82, 2.24) is 4.90 Å². The summed E-state index contributed by atoms with van der Waals surface area (Å²) in [6.07, 6.45) is 5.61. The van der Waals surface area contributed by atoms with Crippen molar-refractivity contribution in [3.05, 3.63) is 0 Å². The highest BCUT2D eigenvalue weighted by atomic mass is 16.3. The Morgan fingerprint density at radius 3 is 1.69 bits per heavy atom. The van der Waals surface area contributed by atoms with Gasteiger partial charge in [0, 0.05) is 18.1 Å². The average Bonchev–Trinajstić information content (AvgIpc) is 2.17. The fourth-order valence-electron chi connectivity index (χ4n) is 3.35. The smallest absolute Gasteiger partial charge is 0.0799 e. The monoisotopic (exact) mass is 227 g/mol. The van der Waals surface area contributed by atoms with Crippen molar-refractivity contribution in [2.45, 2.75) is 90.4 Å². The second-order valence-electron chi connectivity index (χ2n) is 5.97. The van der Waals surface area contributed by atoms with E-state index in [4.69, 9.17) is 0 Å². The van der Waals surface area contributed by atoms with Crippen LogP contribution in [0.2, 0.25) is 0 Å². The molecule has 2 nitrogen and oxygen atoms in total. The lowest BCUT2D eigenvalue weighted by atomic mass is 9.79. The molecule has 0 amide bonds. The largest absolute Gasteiger partial charge is 0.388 e. The van der Waals surface area contributed by atoms with Crippen LogP contribution in [0.4, 0.5) is 0 Å². The molecular formula is C14H29NO. The normalized spacial score (nSPS) is 23.1. The van der Waals surface area contributed by atoms with E-state index in [9.17, 15) is 5.11 Å². The van der Waals surface area contributed by atoms with Crippen LogP contribution in [0.25, 0.3) is 0 Å². The zero-order valence-corrected chi connectivity index (χ0v) is 11.7. The van der Waals surface area contributed by atoms with Gasteiger partial charge in [-0.2, -0.15) is 0 Å². The van der Waals surface area contributed by atoms with Crippen LogP contribution in [0.5, 0.6) is 0 Å². The Labute approximate surface area is 101 Å². The lowest BCUT2D eigenvalue weighted by molar-refractivity contribution is -0.0827. The summed E-state index contributed by atoms with van der Waals surface area (Å²) in [5.41, 5.74) is -0.452. The standard InChI is InChI=1S/C14H29NO/c1-11(2)15(12(3)4)13(5)14(16)9-7-6-8-10-14/h11-13,16H,6-10H2,1-5H3. The van der Waals surface area contributed by atoms with E-state index in [-0.39, 0.29) is 6.04 Å². The average molecular weight is 227 g/mol. The Balaban J connectivity index is 2.75. The fraction of sp³-hybridized carbons (Fsp3) is 1.00. The molecular weight excluding hydrogens is 198 g/mol. The first kappa shape index (κ1) is 14.0. The van der Waals surface area contributed by atoms with Crippen LogP contribution < -0.4 is 0 Å². The van der Waals surface area contributed by atoms with Gasteiger partial charge in [-0.1, -0.05) is 19.3 Å². The van der Waals surface area contributed by atoms with Crippen molar-refractivity contribution in [2.75, 3.05) is 0 Å². The Morgan fingerprint density at radius 2 is 1.31 bits per heavy atom. The molecule has 1 unspecified atom stereocenters. The van der Waals surface area contributed by atoms with Gasteiger partial charge in [0.05, 0.1) is 5.60 Å². The molecule has 1 rings (SSSR count). The minimum Gasteiger partial charge on any atom is -0.388 e. The highest BCUT2D eigenvalue weighted by molar-refractivity contribution is 4.94. The van der Waals surface area contributed by atoms with E-state index in [1.54, 1.807) is 0 Å². The summed E-state index contributed by atoms with van der Waals surface area (Å²) in [5, 5.41) is 10.8. The van der Waals surface area contributed by atoms with Crippen molar-refractivity contribution < 1.29 is 5.11 Å². The minimum absolute atomic E-state index is 0.271.